The molecule has 0 aromatic carbocycles. The summed E-state index contributed by atoms with van der Waals surface area (Å²) in [5.41, 5.74) is 0. The van der Waals surface area contributed by atoms with Crippen LogP contribution in [0.5, 0.6) is 0 Å². The van der Waals surface area contributed by atoms with Gasteiger partial charge in [-0.05, 0) is 6.42 Å². The summed E-state index contributed by atoms with van der Waals surface area (Å²) in [5.74, 6) is 0. The summed E-state index contributed by atoms with van der Waals surface area (Å²) in [6, 6.07) is 0. The Morgan fingerprint density at radius 3 is 2.64 bits per heavy atom. The van der Waals surface area contributed by atoms with E-state index in [0.29, 0.717) is 13.0 Å². The Kier molecular flexibility index (Phi) is 3.85. The molecule has 0 saturated heterocycles. The number of hydrogen-bond donors (Lipinski definition) is 0. The SMILES string of the molecule is CCCCN1N=CN(I)C1C(F)(F)F. The number of nitrogens with zero attached hydrogens (tertiary/aromatic N) is 3. The lowest BCUT2D eigenvalue weighted by Crippen LogP contribution is -2.46. The van der Waals surface area contributed by atoms with Gasteiger partial charge in [0.1, 0.15) is 6.34 Å². The second kappa shape index (κ2) is 4.54. The molecule has 7 heteroatoms. The van der Waals surface area contributed by atoms with Crippen LogP contribution in [0.15, 0.2) is 5.10 Å². The van der Waals surface area contributed by atoms with E-state index in [0.717, 1.165) is 14.5 Å². The monoisotopic (exact) mass is 321 g/mol. The van der Waals surface area contributed by atoms with E-state index in [1.165, 1.54) is 6.34 Å². The molecule has 1 heterocycles. The highest BCUT2D eigenvalue weighted by atomic mass is 127. The standard InChI is InChI=1S/C7H11F3IN3/c1-2-3-4-14-6(7(8,9)10)13(11)5-12-14/h5-6H,2-4H2,1H3. The lowest BCUT2D eigenvalue weighted by Gasteiger charge is -2.28. The molecule has 3 nitrogen and oxygen atoms in total. The van der Waals surface area contributed by atoms with Crippen LogP contribution in [0.25, 0.3) is 0 Å². The van der Waals surface area contributed by atoms with Crippen molar-refractivity contribution < 1.29 is 13.2 Å². The molecule has 0 fully saturated rings. The molecule has 0 amide bonds. The van der Waals surface area contributed by atoms with Crippen LogP contribution in [-0.4, -0.2) is 33.3 Å². The molecule has 1 aliphatic heterocycles. The van der Waals surface area contributed by atoms with Crippen LogP contribution in [0.4, 0.5) is 13.2 Å². The Morgan fingerprint density at radius 2 is 2.14 bits per heavy atom. The molecule has 0 saturated carbocycles. The average Bonchev–Trinajstić information content (AvgIpc) is 2.42. The van der Waals surface area contributed by atoms with Crippen LogP contribution in [-0.2, 0) is 0 Å². The van der Waals surface area contributed by atoms with Gasteiger partial charge in [0.05, 0.1) is 22.9 Å². The Bertz CT molecular complexity index is 219. The van der Waals surface area contributed by atoms with Gasteiger partial charge in [-0.25, -0.2) is 0 Å². The van der Waals surface area contributed by atoms with Crippen molar-refractivity contribution in [3.05, 3.63) is 0 Å². The maximum atomic E-state index is 12.5. The Balaban J connectivity index is 2.62. The summed E-state index contributed by atoms with van der Waals surface area (Å²) in [6.45, 7) is 2.28. The third kappa shape index (κ3) is 2.64. The van der Waals surface area contributed by atoms with Gasteiger partial charge in [0, 0.05) is 6.54 Å². The Hall–Kier alpha value is -0.210. The predicted molar refractivity (Wildman–Crippen MR) is 55.8 cm³/mol. The van der Waals surface area contributed by atoms with E-state index in [-0.39, 0.29) is 0 Å². The molecule has 0 radical (unpaired) electrons. The topological polar surface area (TPSA) is 18.8 Å². The second-order valence-electron chi connectivity index (χ2n) is 3.01. The van der Waals surface area contributed by atoms with E-state index in [4.69, 9.17) is 0 Å². The van der Waals surface area contributed by atoms with Gasteiger partial charge >= 0.3 is 6.18 Å². The zero-order valence-electron chi connectivity index (χ0n) is 7.63. The maximum absolute atomic E-state index is 12.5. The van der Waals surface area contributed by atoms with E-state index in [2.05, 4.69) is 5.10 Å². The van der Waals surface area contributed by atoms with Gasteiger partial charge in [0.25, 0.3) is 0 Å². The molecule has 0 bridgehead atoms. The van der Waals surface area contributed by atoms with Crippen molar-refractivity contribution in [2.24, 2.45) is 5.10 Å². The number of alkyl halides is 3. The van der Waals surface area contributed by atoms with Crippen LogP contribution >= 0.6 is 22.9 Å². The van der Waals surface area contributed by atoms with E-state index in [9.17, 15) is 13.2 Å². The highest BCUT2D eigenvalue weighted by Crippen LogP contribution is 2.32. The fraction of sp³-hybridized carbons (Fsp3) is 0.857. The molecule has 1 aliphatic rings. The Morgan fingerprint density at radius 1 is 1.50 bits per heavy atom. The second-order valence-corrected chi connectivity index (χ2v) is 4.12. The van der Waals surface area contributed by atoms with E-state index < -0.39 is 12.3 Å². The maximum Gasteiger partial charge on any atom is 0.429 e. The Labute approximate surface area is 94.4 Å². The van der Waals surface area contributed by atoms with Crippen LogP contribution in [0.2, 0.25) is 0 Å². The van der Waals surface area contributed by atoms with E-state index in [1.54, 1.807) is 22.9 Å². The molecule has 1 atom stereocenters. The van der Waals surface area contributed by atoms with Crippen molar-refractivity contribution >= 4 is 29.2 Å². The molecule has 1 rings (SSSR count). The summed E-state index contributed by atoms with van der Waals surface area (Å²) < 4.78 is 38.6. The first-order valence-electron chi connectivity index (χ1n) is 4.28. The third-order valence-electron chi connectivity index (χ3n) is 1.86. The first kappa shape index (κ1) is 11.9. The van der Waals surface area contributed by atoms with Gasteiger partial charge in [-0.3, -0.25) is 8.12 Å². The molecule has 1 unspecified atom stereocenters. The van der Waals surface area contributed by atoms with Crippen LogP contribution < -0.4 is 0 Å². The van der Waals surface area contributed by atoms with E-state index >= 15 is 0 Å². The van der Waals surface area contributed by atoms with Crippen molar-refractivity contribution in [2.75, 3.05) is 6.54 Å². The molecule has 0 N–H and O–H groups in total. The van der Waals surface area contributed by atoms with Crippen LogP contribution in [0, 0.1) is 0 Å². The van der Waals surface area contributed by atoms with Crippen molar-refractivity contribution in [3.63, 3.8) is 0 Å². The number of rotatable bonds is 3. The van der Waals surface area contributed by atoms with Crippen LogP contribution in [0.3, 0.4) is 0 Å². The zero-order chi connectivity index (χ0) is 10.8. The minimum absolute atomic E-state index is 0.344. The average molecular weight is 321 g/mol. The van der Waals surface area contributed by atoms with Crippen molar-refractivity contribution in [1.29, 1.82) is 0 Å². The van der Waals surface area contributed by atoms with Crippen LogP contribution in [0.1, 0.15) is 19.8 Å². The molecule has 0 aliphatic carbocycles. The van der Waals surface area contributed by atoms with Crippen molar-refractivity contribution in [2.45, 2.75) is 32.1 Å². The smallest absolute Gasteiger partial charge is 0.272 e. The molecule has 0 aromatic rings. The highest BCUT2D eigenvalue weighted by Gasteiger charge is 2.48. The molecular formula is C7H11F3IN3. The third-order valence-corrected chi connectivity index (χ3v) is 2.64. The number of halogens is 4. The molecule has 0 spiro atoms. The molecular weight excluding hydrogens is 310 g/mol. The minimum atomic E-state index is -4.26. The fourth-order valence-corrected chi connectivity index (χ4v) is 1.89. The summed E-state index contributed by atoms with van der Waals surface area (Å²) in [5, 5.41) is 4.79. The molecule has 82 valence electrons. The first-order valence-corrected chi connectivity index (χ1v) is 5.25. The number of unbranched alkanes of at least 4 members (excludes halogenated alkanes) is 1. The lowest BCUT2D eigenvalue weighted by atomic mass is 10.3. The number of hydrazone groups is 1. The van der Waals surface area contributed by atoms with Crippen molar-refractivity contribution in [3.8, 4) is 0 Å². The van der Waals surface area contributed by atoms with Gasteiger partial charge in [-0.1, -0.05) is 13.3 Å². The molecule has 0 aromatic heterocycles. The normalized spacial score (nSPS) is 22.2. The van der Waals surface area contributed by atoms with Gasteiger partial charge in [0.15, 0.2) is 0 Å². The summed E-state index contributed by atoms with van der Waals surface area (Å²) in [4.78, 5) is 0. The van der Waals surface area contributed by atoms with Gasteiger partial charge in [-0.15, -0.1) is 0 Å². The zero-order valence-corrected chi connectivity index (χ0v) is 9.79. The minimum Gasteiger partial charge on any atom is -0.272 e. The van der Waals surface area contributed by atoms with Gasteiger partial charge in [0.2, 0.25) is 6.17 Å². The molecule has 14 heavy (non-hydrogen) atoms. The predicted octanol–water partition coefficient (Wildman–Crippen LogP) is 2.59. The quantitative estimate of drug-likeness (QED) is 0.588. The number of hydrogen-bond acceptors (Lipinski definition) is 3. The van der Waals surface area contributed by atoms with Crippen molar-refractivity contribution in [1.82, 2.24) is 8.12 Å². The van der Waals surface area contributed by atoms with Gasteiger partial charge in [-0.2, -0.15) is 18.3 Å². The van der Waals surface area contributed by atoms with E-state index in [1.807, 2.05) is 6.92 Å². The largest absolute Gasteiger partial charge is 0.429 e. The first-order chi connectivity index (χ1) is 6.46. The summed E-state index contributed by atoms with van der Waals surface area (Å²) in [7, 11) is 0. The fourth-order valence-electron chi connectivity index (χ4n) is 1.18. The van der Waals surface area contributed by atoms with Gasteiger partial charge < -0.3 is 0 Å². The lowest BCUT2D eigenvalue weighted by molar-refractivity contribution is -0.194. The summed E-state index contributed by atoms with van der Waals surface area (Å²) >= 11 is 1.61. The summed E-state index contributed by atoms with van der Waals surface area (Å²) in [6.07, 6.45) is -3.08. The highest BCUT2D eigenvalue weighted by molar-refractivity contribution is 14.1.